The third-order valence-corrected chi connectivity index (χ3v) is 19.2. The molecule has 0 radical (unpaired) electrons. The lowest BCUT2D eigenvalue weighted by molar-refractivity contribution is -0.457. The average molecular weight is 1190 g/mol. The first-order valence-corrected chi connectivity index (χ1v) is 30.6. The van der Waals surface area contributed by atoms with Gasteiger partial charge in [0, 0.05) is 43.0 Å². The Morgan fingerprint density at radius 1 is 0.775 bits per heavy atom. The van der Waals surface area contributed by atoms with Gasteiger partial charge in [-0.1, -0.05) is 63.3 Å². The maximum atomic E-state index is 15.4. The topological polar surface area (TPSA) is 93.5 Å². The molecule has 3 aliphatic carbocycles. The minimum absolute atomic E-state index is 0.00718. The highest BCUT2D eigenvalue weighted by atomic mass is 32.2. The summed E-state index contributed by atoms with van der Waals surface area (Å²) in [7, 11) is 0.627. The Bertz CT molecular complexity index is 2200. The van der Waals surface area contributed by atoms with Crippen LogP contribution < -0.4 is 4.74 Å². The molecule has 2 aromatic carbocycles. The van der Waals surface area contributed by atoms with Gasteiger partial charge in [0.2, 0.25) is 0 Å². The van der Waals surface area contributed by atoms with Crippen LogP contribution in [-0.2, 0) is 42.9 Å². The molecule has 2 fully saturated rings. The minimum atomic E-state index is -6.78. The minimum Gasteiger partial charge on any atom is -0.489 e. The van der Waals surface area contributed by atoms with Gasteiger partial charge in [-0.2, -0.15) is 44.8 Å². The van der Waals surface area contributed by atoms with E-state index >= 15 is 8.78 Å². The Kier molecular flexibility index (Phi) is 26.6. The fraction of sp³-hybridized carbons (Fsp3) is 0.759. The summed E-state index contributed by atoms with van der Waals surface area (Å²) in [6.45, 7) is 10.4. The molecule has 2 aromatic rings. The van der Waals surface area contributed by atoms with Gasteiger partial charge in [0.15, 0.2) is 5.12 Å². The van der Waals surface area contributed by atoms with Crippen molar-refractivity contribution >= 4 is 25.4 Å². The highest BCUT2D eigenvalue weighted by molar-refractivity contribution is 8.13. The average Bonchev–Trinajstić information content (AvgIpc) is 3.80. The van der Waals surface area contributed by atoms with Gasteiger partial charge in [0.25, 0.3) is 8.53 Å². The summed E-state index contributed by atoms with van der Waals surface area (Å²) in [5.41, 5.74) is -3.99. The number of nitrogens with zero attached hydrogens (tertiary/aromatic N) is 3. The van der Waals surface area contributed by atoms with Crippen LogP contribution in [0.3, 0.4) is 0 Å². The standard InChI is InChI=1S/C58H83F11N3O6PS/c1-40(2)72(41(3)4)79(78-33-17-28-70)77-32-15-11-8-7-9-13-19-53(73)80-34-16-12-10-14-29-71(6)38-48-50(59)35-42(36-51(48)60)39-75-44-21-23-45-43(37-44)20-22-47-46(45)26-27-54(5)49(47)24-25-52(54)74-30-18-31-76-55(56(61,62)63,57(64,65)66)58(67,68)69/h21,23,35-37,40-41,46-47,49,52H,7-20,22,24-27,29-34,38-39H2,1-6H3/t46?,47?,49?,52-,54-,79?/m0/s1. The maximum absolute atomic E-state index is 15.4. The van der Waals surface area contributed by atoms with Crippen LogP contribution in [0, 0.1) is 40.2 Å². The van der Waals surface area contributed by atoms with Gasteiger partial charge in [-0.15, -0.1) is 0 Å². The highest BCUT2D eigenvalue weighted by Gasteiger charge is 2.85. The first-order valence-electron chi connectivity index (χ1n) is 28.5. The summed E-state index contributed by atoms with van der Waals surface area (Å²) >= 11 is 1.41. The number of unbranched alkanes of at least 4 members (excludes halogenated alkanes) is 8. The molecule has 80 heavy (non-hydrogen) atoms. The van der Waals surface area contributed by atoms with Crippen LogP contribution in [0.15, 0.2) is 30.3 Å². The van der Waals surface area contributed by atoms with Crippen molar-refractivity contribution in [2.24, 2.45) is 17.3 Å². The molecule has 0 spiro atoms. The summed E-state index contributed by atoms with van der Waals surface area (Å²) in [5.74, 6) is 0.788. The molecule has 3 aliphatic rings. The zero-order valence-electron chi connectivity index (χ0n) is 47.2. The zero-order valence-corrected chi connectivity index (χ0v) is 49.0. The van der Waals surface area contributed by atoms with Gasteiger partial charge >= 0.3 is 24.1 Å². The van der Waals surface area contributed by atoms with Crippen molar-refractivity contribution in [3.05, 3.63) is 64.2 Å². The molecule has 6 atom stereocenters. The summed E-state index contributed by atoms with van der Waals surface area (Å²) in [6, 6.07) is 11.1. The van der Waals surface area contributed by atoms with E-state index in [9.17, 15) is 44.3 Å². The van der Waals surface area contributed by atoms with Crippen LogP contribution >= 0.6 is 20.3 Å². The van der Waals surface area contributed by atoms with Crippen LogP contribution in [-0.4, -0.2) is 103 Å². The Labute approximate surface area is 472 Å². The molecule has 0 saturated heterocycles. The summed E-state index contributed by atoms with van der Waals surface area (Å²) < 4.78 is 180. The number of halogens is 11. The van der Waals surface area contributed by atoms with E-state index in [2.05, 4.69) is 50.1 Å². The Hall–Kier alpha value is -2.83. The number of carbonyl (C=O) groups is 1. The van der Waals surface area contributed by atoms with Gasteiger partial charge in [0.05, 0.1) is 38.4 Å². The van der Waals surface area contributed by atoms with Gasteiger partial charge < -0.3 is 28.2 Å². The van der Waals surface area contributed by atoms with Crippen molar-refractivity contribution in [3.8, 4) is 11.8 Å². The third kappa shape index (κ3) is 18.3. The van der Waals surface area contributed by atoms with Crippen molar-refractivity contribution in [1.29, 1.82) is 5.26 Å². The van der Waals surface area contributed by atoms with Gasteiger partial charge in [-0.3, -0.25) is 4.79 Å². The van der Waals surface area contributed by atoms with Gasteiger partial charge in [-0.25, -0.2) is 13.5 Å². The normalized spacial score (nSPS) is 21.1. The molecule has 5 rings (SSSR count). The molecule has 0 amide bonds. The monoisotopic (exact) mass is 1190 g/mol. The molecule has 0 heterocycles. The highest BCUT2D eigenvalue weighted by Crippen LogP contribution is 2.62. The number of aryl methyl sites for hydroxylation is 1. The van der Waals surface area contributed by atoms with Crippen LogP contribution in [0.1, 0.15) is 178 Å². The van der Waals surface area contributed by atoms with E-state index in [1.54, 1.807) is 0 Å². The lowest BCUT2D eigenvalue weighted by atomic mass is 9.55. The number of nitriles is 1. The van der Waals surface area contributed by atoms with Crippen molar-refractivity contribution < 1.29 is 76.3 Å². The van der Waals surface area contributed by atoms with Crippen LogP contribution in [0.25, 0.3) is 0 Å². The lowest BCUT2D eigenvalue weighted by Crippen LogP contribution is -2.67. The quantitative estimate of drug-likeness (QED) is 0.0383. The number of carbonyl (C=O) groups excluding carboxylic acids is 1. The van der Waals surface area contributed by atoms with Crippen molar-refractivity contribution in [2.75, 3.05) is 45.8 Å². The van der Waals surface area contributed by atoms with Crippen molar-refractivity contribution in [2.45, 2.75) is 218 Å². The molecule has 0 aromatic heterocycles. The number of alkyl halides is 9. The number of hydrogen-bond acceptors (Lipinski definition) is 10. The molecule has 454 valence electrons. The predicted molar refractivity (Wildman–Crippen MR) is 289 cm³/mol. The summed E-state index contributed by atoms with van der Waals surface area (Å²) in [4.78, 5) is 14.4. The smallest absolute Gasteiger partial charge is 0.435 e. The van der Waals surface area contributed by atoms with E-state index in [1.165, 1.54) is 29.5 Å². The van der Waals surface area contributed by atoms with Gasteiger partial charge in [-0.05, 0) is 176 Å². The second-order valence-corrected chi connectivity index (χ2v) is 25.2. The first-order chi connectivity index (χ1) is 37.8. The van der Waals surface area contributed by atoms with E-state index in [0.29, 0.717) is 50.3 Å². The van der Waals surface area contributed by atoms with E-state index in [1.807, 2.05) is 30.1 Å². The maximum Gasteiger partial charge on any atom is 0.435 e. The largest absolute Gasteiger partial charge is 0.489 e. The number of benzene rings is 2. The summed E-state index contributed by atoms with van der Waals surface area (Å²) in [5, 5.41) is 9.13. The third-order valence-electron chi connectivity index (χ3n) is 16.1. The van der Waals surface area contributed by atoms with Crippen LogP contribution in [0.2, 0.25) is 0 Å². The Morgan fingerprint density at radius 3 is 2.05 bits per heavy atom. The molecule has 9 nitrogen and oxygen atoms in total. The lowest BCUT2D eigenvalue weighted by Gasteiger charge is -2.50. The molecule has 22 heteroatoms. The summed E-state index contributed by atoms with van der Waals surface area (Å²) in [6.07, 6.45) is -6.09. The van der Waals surface area contributed by atoms with E-state index < -0.39 is 57.3 Å². The Balaban J connectivity index is 0.938. The molecular weight excluding hydrogens is 1110 g/mol. The van der Waals surface area contributed by atoms with E-state index in [-0.39, 0.29) is 71.8 Å². The number of rotatable bonds is 34. The van der Waals surface area contributed by atoms with Crippen molar-refractivity contribution in [1.82, 2.24) is 9.57 Å². The molecule has 0 aliphatic heterocycles. The SMILES string of the molecule is CC(C)N(C(C)C)P(OCCC#N)OCCCCCCCCC(=O)SCCCCCCN(C)Cc1c(F)cc(COc2ccc3c(c2)CCC2C3CC[C@@]3(C)C2CC[C@@H]3OCCCOC(C(F)(F)F)(C(F)(F)F)C(F)(F)F)cc1F. The first kappa shape index (κ1) is 68.0. The molecule has 0 N–H and O–H groups in total. The predicted octanol–water partition coefficient (Wildman–Crippen LogP) is 16.9. The van der Waals surface area contributed by atoms with Gasteiger partial charge in [0.1, 0.15) is 24.0 Å². The Morgan fingerprint density at radius 2 is 1.40 bits per heavy atom. The fourth-order valence-corrected chi connectivity index (χ4v) is 14.6. The number of thioether (sulfide) groups is 1. The van der Waals surface area contributed by atoms with Crippen molar-refractivity contribution in [3.63, 3.8) is 0 Å². The number of hydrogen-bond donors (Lipinski definition) is 0. The molecule has 2 saturated carbocycles. The van der Waals surface area contributed by atoms with Crippen LogP contribution in [0.4, 0.5) is 48.3 Å². The number of ether oxygens (including phenoxy) is 3. The fourth-order valence-electron chi connectivity index (χ4n) is 12.1. The zero-order chi connectivity index (χ0) is 58.9. The van der Waals surface area contributed by atoms with E-state index in [0.717, 1.165) is 108 Å². The van der Waals surface area contributed by atoms with E-state index in [4.69, 9.17) is 23.8 Å². The molecule has 0 bridgehead atoms. The van der Waals surface area contributed by atoms with Crippen LogP contribution in [0.5, 0.6) is 5.75 Å². The molecular formula is C58H83F11N3O6PS. The second kappa shape index (κ2) is 31.4. The second-order valence-electron chi connectivity index (χ2n) is 22.6. The molecule has 4 unspecified atom stereocenters. The number of fused-ring (bicyclic) bond motifs is 5.